The predicted molar refractivity (Wildman–Crippen MR) is 59.8 cm³/mol. The Bertz CT molecular complexity index is 342. The Morgan fingerprint density at radius 3 is 2.43 bits per heavy atom. The summed E-state index contributed by atoms with van der Waals surface area (Å²) in [5, 5.41) is 3.12. The molecule has 0 bridgehead atoms. The maximum Gasteiger partial charge on any atom is 0.211 e. The zero-order valence-electron chi connectivity index (χ0n) is 8.60. The Balaban J connectivity index is 3.06. The van der Waals surface area contributed by atoms with E-state index in [2.05, 4.69) is 26.1 Å². The molecular formula is C11H14ClNO. The molecule has 0 atom stereocenters. The smallest absolute Gasteiger partial charge is 0.211 e. The molecule has 0 saturated heterocycles. The Morgan fingerprint density at radius 1 is 1.36 bits per heavy atom. The molecule has 1 N–H and O–H groups in total. The van der Waals surface area contributed by atoms with E-state index < -0.39 is 0 Å². The number of halogens is 1. The number of nitrogens with one attached hydrogen (secondary N) is 1. The van der Waals surface area contributed by atoms with Gasteiger partial charge in [0.05, 0.1) is 10.7 Å². The Kier molecular flexibility index (Phi) is 3.17. The molecule has 0 spiro atoms. The molecule has 0 unspecified atom stereocenters. The van der Waals surface area contributed by atoms with Gasteiger partial charge in [0.1, 0.15) is 0 Å². The van der Waals surface area contributed by atoms with Gasteiger partial charge in [-0.05, 0) is 23.1 Å². The SMILES string of the molecule is CC(C)(C)c1ccc(NC=O)c(Cl)c1. The van der Waals surface area contributed by atoms with E-state index in [-0.39, 0.29) is 5.41 Å². The summed E-state index contributed by atoms with van der Waals surface area (Å²) in [5.41, 5.74) is 1.87. The molecule has 0 radical (unpaired) electrons. The quantitative estimate of drug-likeness (QED) is 0.748. The maximum atomic E-state index is 10.2. The van der Waals surface area contributed by atoms with Gasteiger partial charge in [-0.2, -0.15) is 0 Å². The lowest BCUT2D eigenvalue weighted by Gasteiger charge is -2.19. The normalized spacial score (nSPS) is 11.1. The van der Waals surface area contributed by atoms with Gasteiger partial charge in [-0.3, -0.25) is 4.79 Å². The highest BCUT2D eigenvalue weighted by Crippen LogP contribution is 2.29. The van der Waals surface area contributed by atoms with E-state index in [1.165, 1.54) is 0 Å². The lowest BCUT2D eigenvalue weighted by atomic mass is 9.87. The van der Waals surface area contributed by atoms with Crippen LogP contribution < -0.4 is 5.32 Å². The second kappa shape index (κ2) is 4.01. The molecular weight excluding hydrogens is 198 g/mol. The van der Waals surface area contributed by atoms with Crippen LogP contribution in [0.5, 0.6) is 0 Å². The van der Waals surface area contributed by atoms with E-state index in [1.54, 1.807) is 0 Å². The van der Waals surface area contributed by atoms with Crippen LogP contribution in [0.3, 0.4) is 0 Å². The molecule has 2 nitrogen and oxygen atoms in total. The summed E-state index contributed by atoms with van der Waals surface area (Å²) in [4.78, 5) is 10.2. The summed E-state index contributed by atoms with van der Waals surface area (Å²) in [6.45, 7) is 6.35. The molecule has 3 heteroatoms. The van der Waals surface area contributed by atoms with Crippen LogP contribution in [0.1, 0.15) is 26.3 Å². The van der Waals surface area contributed by atoms with Crippen LogP contribution in [0.15, 0.2) is 18.2 Å². The highest BCUT2D eigenvalue weighted by Gasteiger charge is 2.14. The summed E-state index contributed by atoms with van der Waals surface area (Å²) >= 11 is 5.99. The highest BCUT2D eigenvalue weighted by atomic mass is 35.5. The molecule has 1 rings (SSSR count). The molecule has 0 heterocycles. The number of anilines is 1. The first kappa shape index (κ1) is 11.1. The highest BCUT2D eigenvalue weighted by molar-refractivity contribution is 6.33. The second-order valence-electron chi connectivity index (χ2n) is 4.21. The van der Waals surface area contributed by atoms with Crippen LogP contribution in [0.4, 0.5) is 5.69 Å². The van der Waals surface area contributed by atoms with Crippen LogP contribution >= 0.6 is 11.6 Å². The number of hydrogen-bond donors (Lipinski definition) is 1. The topological polar surface area (TPSA) is 29.1 Å². The van der Waals surface area contributed by atoms with Gasteiger partial charge in [-0.1, -0.05) is 38.4 Å². The Morgan fingerprint density at radius 2 is 2.00 bits per heavy atom. The lowest BCUT2D eigenvalue weighted by molar-refractivity contribution is -0.105. The van der Waals surface area contributed by atoms with Crippen LogP contribution in [-0.4, -0.2) is 6.41 Å². The summed E-state index contributed by atoms with van der Waals surface area (Å²) in [6, 6.07) is 5.67. The van der Waals surface area contributed by atoms with Gasteiger partial charge in [-0.15, -0.1) is 0 Å². The first-order chi connectivity index (χ1) is 6.45. The fraction of sp³-hybridized carbons (Fsp3) is 0.364. The van der Waals surface area contributed by atoms with E-state index in [4.69, 9.17) is 11.6 Å². The Hall–Kier alpha value is -1.02. The van der Waals surface area contributed by atoms with Gasteiger partial charge in [0.25, 0.3) is 0 Å². The number of hydrogen-bond acceptors (Lipinski definition) is 1. The van der Waals surface area contributed by atoms with Gasteiger partial charge in [-0.25, -0.2) is 0 Å². The Labute approximate surface area is 89.3 Å². The molecule has 76 valence electrons. The van der Waals surface area contributed by atoms with Crippen molar-refractivity contribution in [3.63, 3.8) is 0 Å². The monoisotopic (exact) mass is 211 g/mol. The van der Waals surface area contributed by atoms with Crippen molar-refractivity contribution in [1.29, 1.82) is 0 Å². The molecule has 0 aliphatic rings. The van der Waals surface area contributed by atoms with Crippen molar-refractivity contribution in [2.75, 3.05) is 5.32 Å². The van der Waals surface area contributed by atoms with E-state index >= 15 is 0 Å². The molecule has 1 amide bonds. The molecule has 0 aromatic heterocycles. The van der Waals surface area contributed by atoms with Crippen molar-refractivity contribution >= 4 is 23.7 Å². The fourth-order valence-corrected chi connectivity index (χ4v) is 1.40. The first-order valence-corrected chi connectivity index (χ1v) is 4.83. The number of carbonyl (C=O) groups is 1. The maximum absolute atomic E-state index is 10.2. The van der Waals surface area contributed by atoms with Crippen molar-refractivity contribution < 1.29 is 4.79 Å². The van der Waals surface area contributed by atoms with E-state index in [0.717, 1.165) is 5.56 Å². The minimum Gasteiger partial charge on any atom is -0.327 e. The van der Waals surface area contributed by atoms with Crippen molar-refractivity contribution in [3.05, 3.63) is 28.8 Å². The summed E-state index contributed by atoms with van der Waals surface area (Å²) in [5.74, 6) is 0. The zero-order chi connectivity index (χ0) is 10.8. The molecule has 1 aromatic carbocycles. The van der Waals surface area contributed by atoms with Crippen LogP contribution in [0, 0.1) is 0 Å². The zero-order valence-corrected chi connectivity index (χ0v) is 9.35. The molecule has 1 aromatic rings. The first-order valence-electron chi connectivity index (χ1n) is 4.45. The van der Waals surface area contributed by atoms with E-state index in [1.807, 2.05) is 18.2 Å². The number of carbonyl (C=O) groups excluding carboxylic acids is 1. The number of benzene rings is 1. The summed E-state index contributed by atoms with van der Waals surface area (Å²) in [7, 11) is 0. The van der Waals surface area contributed by atoms with E-state index in [0.29, 0.717) is 17.1 Å². The average Bonchev–Trinajstić information content (AvgIpc) is 2.07. The van der Waals surface area contributed by atoms with Crippen molar-refractivity contribution in [1.82, 2.24) is 0 Å². The molecule has 0 fully saturated rings. The van der Waals surface area contributed by atoms with Crippen LogP contribution in [-0.2, 0) is 10.2 Å². The van der Waals surface area contributed by atoms with Crippen LogP contribution in [0.2, 0.25) is 5.02 Å². The van der Waals surface area contributed by atoms with Crippen LogP contribution in [0.25, 0.3) is 0 Å². The van der Waals surface area contributed by atoms with Gasteiger partial charge in [0.15, 0.2) is 0 Å². The van der Waals surface area contributed by atoms with Crippen molar-refractivity contribution in [2.45, 2.75) is 26.2 Å². The third-order valence-corrected chi connectivity index (χ3v) is 2.36. The van der Waals surface area contributed by atoms with Gasteiger partial charge < -0.3 is 5.32 Å². The third-order valence-electron chi connectivity index (χ3n) is 2.05. The summed E-state index contributed by atoms with van der Waals surface area (Å²) < 4.78 is 0. The third kappa shape index (κ3) is 2.48. The predicted octanol–water partition coefficient (Wildman–Crippen LogP) is 3.21. The summed E-state index contributed by atoms with van der Waals surface area (Å²) in [6.07, 6.45) is 0.623. The number of rotatable bonds is 2. The minimum absolute atomic E-state index is 0.0728. The fourth-order valence-electron chi connectivity index (χ4n) is 1.16. The second-order valence-corrected chi connectivity index (χ2v) is 4.61. The molecule has 0 saturated carbocycles. The minimum atomic E-state index is 0.0728. The average molecular weight is 212 g/mol. The van der Waals surface area contributed by atoms with Crippen molar-refractivity contribution in [2.24, 2.45) is 0 Å². The molecule has 0 aliphatic heterocycles. The van der Waals surface area contributed by atoms with Crippen molar-refractivity contribution in [3.8, 4) is 0 Å². The molecule has 0 aliphatic carbocycles. The van der Waals surface area contributed by atoms with Gasteiger partial charge in [0.2, 0.25) is 6.41 Å². The lowest BCUT2D eigenvalue weighted by Crippen LogP contribution is -2.11. The van der Waals surface area contributed by atoms with E-state index in [9.17, 15) is 4.79 Å². The van der Waals surface area contributed by atoms with Gasteiger partial charge in [0, 0.05) is 0 Å². The molecule has 14 heavy (non-hydrogen) atoms. The van der Waals surface area contributed by atoms with Gasteiger partial charge >= 0.3 is 0 Å². The standard InChI is InChI=1S/C11H14ClNO/c1-11(2,3)8-4-5-10(13-7-14)9(12)6-8/h4-7H,1-3H3,(H,13,14). The number of amides is 1. The largest absolute Gasteiger partial charge is 0.327 e.